The van der Waals surface area contributed by atoms with Crippen LogP contribution in [0, 0.1) is 0 Å². The number of methoxy groups -OCH3 is 2. The molecule has 0 saturated heterocycles. The predicted octanol–water partition coefficient (Wildman–Crippen LogP) is 1.51. The Morgan fingerprint density at radius 2 is 1.86 bits per heavy atom. The molecule has 1 aliphatic heterocycles. The topological polar surface area (TPSA) is 68.7 Å². The van der Waals surface area contributed by atoms with Crippen LogP contribution >= 0.6 is 11.3 Å². The van der Waals surface area contributed by atoms with Gasteiger partial charge in [0, 0.05) is 43.4 Å². The van der Waals surface area contributed by atoms with Crippen LogP contribution in [-0.2, 0) is 25.5 Å². The van der Waals surface area contributed by atoms with E-state index in [2.05, 4.69) is 4.98 Å². The molecule has 2 heterocycles. The minimum absolute atomic E-state index is 0.215. The first kappa shape index (κ1) is 15.2. The quantitative estimate of drug-likeness (QED) is 0.768. The molecular formula is C14H16N2O4S. The molecule has 1 aromatic heterocycles. The summed E-state index contributed by atoms with van der Waals surface area (Å²) >= 11 is 1.57. The van der Waals surface area contributed by atoms with Crippen LogP contribution < -0.4 is 0 Å². The van der Waals surface area contributed by atoms with Crippen molar-refractivity contribution in [3.8, 4) is 0 Å². The lowest BCUT2D eigenvalue weighted by atomic mass is 10.0. The van der Waals surface area contributed by atoms with E-state index in [1.54, 1.807) is 34.8 Å². The molecule has 0 fully saturated rings. The maximum atomic E-state index is 11.7. The lowest BCUT2D eigenvalue weighted by molar-refractivity contribution is -0.136. The summed E-state index contributed by atoms with van der Waals surface area (Å²) in [5.41, 5.74) is 0.860. The number of thiazole rings is 1. The van der Waals surface area contributed by atoms with Crippen molar-refractivity contribution in [2.24, 2.45) is 0 Å². The second-order valence-corrected chi connectivity index (χ2v) is 5.36. The van der Waals surface area contributed by atoms with Gasteiger partial charge < -0.3 is 14.4 Å². The standard InChI is InChI=1S/C14H16N2O4S/c1-19-13(17)10-7-11(14(18)20-2)9-16(8-10)5-3-12-15-4-6-21-12/h4,6,8-9H,3,5,7H2,1-2H3. The lowest BCUT2D eigenvalue weighted by Gasteiger charge is -2.23. The molecule has 0 atom stereocenters. The molecule has 0 bridgehead atoms. The Hall–Kier alpha value is -2.15. The van der Waals surface area contributed by atoms with Gasteiger partial charge in [0.1, 0.15) is 0 Å². The van der Waals surface area contributed by atoms with Crippen molar-refractivity contribution in [1.82, 2.24) is 9.88 Å². The van der Waals surface area contributed by atoms with Crippen LogP contribution in [0.15, 0.2) is 35.1 Å². The summed E-state index contributed by atoms with van der Waals surface area (Å²) in [4.78, 5) is 29.4. The van der Waals surface area contributed by atoms with Gasteiger partial charge in [-0.3, -0.25) is 0 Å². The van der Waals surface area contributed by atoms with Crippen molar-refractivity contribution in [3.63, 3.8) is 0 Å². The molecule has 0 spiro atoms. The van der Waals surface area contributed by atoms with Crippen molar-refractivity contribution in [2.75, 3.05) is 20.8 Å². The number of hydrogen-bond donors (Lipinski definition) is 0. The van der Waals surface area contributed by atoms with Gasteiger partial charge in [-0.25, -0.2) is 14.6 Å². The maximum absolute atomic E-state index is 11.7. The number of hydrogen-bond acceptors (Lipinski definition) is 7. The highest BCUT2D eigenvalue weighted by molar-refractivity contribution is 7.09. The van der Waals surface area contributed by atoms with E-state index in [1.807, 2.05) is 5.38 Å². The van der Waals surface area contributed by atoms with Crippen molar-refractivity contribution < 1.29 is 19.1 Å². The molecule has 2 rings (SSSR count). The zero-order valence-electron chi connectivity index (χ0n) is 11.9. The van der Waals surface area contributed by atoms with Crippen molar-refractivity contribution in [2.45, 2.75) is 12.8 Å². The first-order valence-electron chi connectivity index (χ1n) is 6.36. The fraction of sp³-hybridized carbons (Fsp3) is 0.357. The van der Waals surface area contributed by atoms with Crippen LogP contribution in [0.3, 0.4) is 0 Å². The van der Waals surface area contributed by atoms with Crippen LogP contribution in [0.4, 0.5) is 0 Å². The minimum Gasteiger partial charge on any atom is -0.466 e. The Morgan fingerprint density at radius 1 is 1.24 bits per heavy atom. The molecule has 21 heavy (non-hydrogen) atoms. The number of carbonyl (C=O) groups excluding carboxylic acids is 2. The normalized spacial score (nSPS) is 14.3. The van der Waals surface area contributed by atoms with Gasteiger partial charge in [-0.05, 0) is 0 Å². The van der Waals surface area contributed by atoms with Crippen molar-refractivity contribution in [3.05, 3.63) is 40.1 Å². The van der Waals surface area contributed by atoms with Crippen molar-refractivity contribution in [1.29, 1.82) is 0 Å². The molecule has 0 amide bonds. The Labute approximate surface area is 126 Å². The summed E-state index contributed by atoms with van der Waals surface area (Å²) in [5.74, 6) is -0.882. The predicted molar refractivity (Wildman–Crippen MR) is 77.3 cm³/mol. The van der Waals surface area contributed by atoms with Gasteiger partial charge in [0.05, 0.1) is 30.4 Å². The summed E-state index contributed by atoms with van der Waals surface area (Å²) in [7, 11) is 2.64. The molecule has 0 aromatic carbocycles. The fourth-order valence-corrected chi connectivity index (χ4v) is 2.59. The fourth-order valence-electron chi connectivity index (χ4n) is 1.98. The van der Waals surface area contributed by atoms with Gasteiger partial charge in [0.25, 0.3) is 0 Å². The lowest BCUT2D eigenvalue weighted by Crippen LogP contribution is -2.24. The SMILES string of the molecule is COC(=O)C1=CN(CCc2nccs2)C=C(C(=O)OC)C1. The first-order chi connectivity index (χ1) is 10.1. The van der Waals surface area contributed by atoms with Crippen LogP contribution in [0.1, 0.15) is 11.4 Å². The van der Waals surface area contributed by atoms with Crippen LogP contribution in [0.5, 0.6) is 0 Å². The molecule has 0 aliphatic carbocycles. The van der Waals surface area contributed by atoms with Gasteiger partial charge in [-0.2, -0.15) is 0 Å². The average Bonchev–Trinajstić information content (AvgIpc) is 3.04. The molecule has 0 saturated carbocycles. The largest absolute Gasteiger partial charge is 0.466 e. The second kappa shape index (κ2) is 7.03. The number of ether oxygens (including phenoxy) is 2. The molecule has 0 unspecified atom stereocenters. The van der Waals surface area contributed by atoms with Crippen LogP contribution in [0.2, 0.25) is 0 Å². The summed E-state index contributed by atoms with van der Waals surface area (Å²) in [6, 6.07) is 0. The third kappa shape index (κ3) is 3.91. The number of rotatable bonds is 5. The number of aromatic nitrogens is 1. The number of esters is 2. The highest BCUT2D eigenvalue weighted by Gasteiger charge is 2.23. The number of nitrogens with zero attached hydrogens (tertiary/aromatic N) is 2. The van der Waals surface area contributed by atoms with E-state index in [0.29, 0.717) is 17.7 Å². The second-order valence-electron chi connectivity index (χ2n) is 4.38. The van der Waals surface area contributed by atoms with E-state index in [0.717, 1.165) is 11.4 Å². The summed E-state index contributed by atoms with van der Waals surface area (Å²) in [5, 5.41) is 2.92. The highest BCUT2D eigenvalue weighted by Crippen LogP contribution is 2.21. The van der Waals surface area contributed by atoms with E-state index >= 15 is 0 Å². The molecule has 1 aliphatic rings. The molecule has 112 valence electrons. The molecular weight excluding hydrogens is 292 g/mol. The minimum atomic E-state index is -0.441. The van der Waals surface area contributed by atoms with Gasteiger partial charge in [0.2, 0.25) is 0 Å². The van der Waals surface area contributed by atoms with Gasteiger partial charge in [0.15, 0.2) is 0 Å². The van der Waals surface area contributed by atoms with Crippen molar-refractivity contribution >= 4 is 23.3 Å². The zero-order valence-corrected chi connectivity index (χ0v) is 12.7. The smallest absolute Gasteiger partial charge is 0.335 e. The summed E-state index contributed by atoms with van der Waals surface area (Å²) < 4.78 is 9.45. The average molecular weight is 308 g/mol. The Kier molecular flexibility index (Phi) is 5.10. The van der Waals surface area contributed by atoms with E-state index < -0.39 is 11.9 Å². The van der Waals surface area contributed by atoms with Gasteiger partial charge in [-0.1, -0.05) is 0 Å². The maximum Gasteiger partial charge on any atom is 0.335 e. The molecule has 1 aromatic rings. The molecule has 0 N–H and O–H groups in total. The Morgan fingerprint density at radius 3 is 2.33 bits per heavy atom. The van der Waals surface area contributed by atoms with Gasteiger partial charge >= 0.3 is 11.9 Å². The monoisotopic (exact) mass is 308 g/mol. The first-order valence-corrected chi connectivity index (χ1v) is 7.24. The third-order valence-corrected chi connectivity index (χ3v) is 3.83. The van der Waals surface area contributed by atoms with Crippen LogP contribution in [0.25, 0.3) is 0 Å². The molecule has 0 radical (unpaired) electrons. The zero-order chi connectivity index (χ0) is 15.2. The van der Waals surface area contributed by atoms with Gasteiger partial charge in [-0.15, -0.1) is 11.3 Å². The van der Waals surface area contributed by atoms with Crippen LogP contribution in [-0.4, -0.2) is 42.6 Å². The number of carbonyl (C=O) groups is 2. The molecule has 7 heteroatoms. The Balaban J connectivity index is 2.12. The Bertz CT molecular complexity index is 546. The van der Waals surface area contributed by atoms with E-state index in [4.69, 9.17) is 9.47 Å². The third-order valence-electron chi connectivity index (χ3n) is 2.99. The van der Waals surface area contributed by atoms with E-state index in [9.17, 15) is 9.59 Å². The van der Waals surface area contributed by atoms with E-state index in [1.165, 1.54) is 14.2 Å². The highest BCUT2D eigenvalue weighted by atomic mass is 32.1. The molecule has 6 nitrogen and oxygen atoms in total. The summed E-state index contributed by atoms with van der Waals surface area (Å²) in [6.07, 6.45) is 6.10. The summed E-state index contributed by atoms with van der Waals surface area (Å²) in [6.45, 7) is 0.620. The van der Waals surface area contributed by atoms with E-state index in [-0.39, 0.29) is 6.42 Å².